The number of nitriles is 1. The van der Waals surface area contributed by atoms with E-state index in [0.29, 0.717) is 29.7 Å². The number of rotatable bonds is 6. The van der Waals surface area contributed by atoms with Crippen LogP contribution >= 0.6 is 0 Å². The van der Waals surface area contributed by atoms with Crippen LogP contribution in [0.3, 0.4) is 0 Å². The van der Waals surface area contributed by atoms with Crippen molar-refractivity contribution in [2.45, 2.75) is 52.6 Å². The van der Waals surface area contributed by atoms with E-state index in [4.69, 9.17) is 5.26 Å². The zero-order valence-electron chi connectivity index (χ0n) is 14.4. The lowest BCUT2D eigenvalue weighted by Gasteiger charge is -2.26. The van der Waals surface area contributed by atoms with E-state index < -0.39 is 23.8 Å². The van der Waals surface area contributed by atoms with Gasteiger partial charge < -0.3 is 4.98 Å². The van der Waals surface area contributed by atoms with Gasteiger partial charge in [-0.15, -0.1) is 0 Å². The molecule has 0 fully saturated rings. The smallest absolute Gasteiger partial charge is 0.342 e. The van der Waals surface area contributed by atoms with Crippen LogP contribution in [0.15, 0.2) is 12.1 Å². The number of carbonyl (C=O) groups excluding carboxylic acids is 1. The Balaban J connectivity index is 1.95. The number of aromatic nitrogens is 2. The van der Waals surface area contributed by atoms with Crippen LogP contribution in [0.4, 0.5) is 13.2 Å². The number of nitrogens with one attached hydrogen (secondary N) is 1. The average Bonchev–Trinajstić information content (AvgIpc) is 2.85. The molecule has 0 atom stereocenters. The fraction of sp³-hybridized carbons (Fsp3) is 0.500. The number of carbonyl (C=O) groups is 1. The molecule has 1 N–H and O–H groups in total. The normalized spacial score (nSPS) is 12.4. The van der Waals surface area contributed by atoms with Gasteiger partial charge in [-0.2, -0.15) is 18.4 Å². The van der Waals surface area contributed by atoms with Crippen molar-refractivity contribution in [1.82, 2.24) is 9.97 Å². The van der Waals surface area contributed by atoms with Gasteiger partial charge in [0.25, 0.3) is 0 Å². The summed E-state index contributed by atoms with van der Waals surface area (Å²) in [4.78, 5) is 19.3. The van der Waals surface area contributed by atoms with Gasteiger partial charge in [-0.25, -0.2) is 4.98 Å². The second-order valence-electron chi connectivity index (χ2n) is 6.93. The third kappa shape index (κ3) is 4.38. The standard InChI is InChI=1S/C18H20F3N3O/c1-11-7-14-15(8-12(11)10-22)24-16(23-14)6-4-5-13(25)9-17(2,3)18(19,20)21/h7-8H,4-6,9H2,1-3H3,(H,23,24). The summed E-state index contributed by atoms with van der Waals surface area (Å²) in [5.74, 6) is 0.258. The summed E-state index contributed by atoms with van der Waals surface area (Å²) in [5.41, 5.74) is 0.858. The summed E-state index contributed by atoms with van der Waals surface area (Å²) in [7, 11) is 0. The van der Waals surface area contributed by atoms with Crippen molar-refractivity contribution < 1.29 is 18.0 Å². The summed E-state index contributed by atoms with van der Waals surface area (Å²) in [6, 6.07) is 5.63. The van der Waals surface area contributed by atoms with Crippen LogP contribution in [0.2, 0.25) is 0 Å². The lowest BCUT2D eigenvalue weighted by atomic mass is 9.85. The van der Waals surface area contributed by atoms with Gasteiger partial charge in [0.2, 0.25) is 0 Å². The third-order valence-electron chi connectivity index (χ3n) is 4.27. The fourth-order valence-electron chi connectivity index (χ4n) is 2.59. The number of fused-ring (bicyclic) bond motifs is 1. The Morgan fingerprint density at radius 2 is 2.00 bits per heavy atom. The van der Waals surface area contributed by atoms with Crippen molar-refractivity contribution in [3.63, 3.8) is 0 Å². The van der Waals surface area contributed by atoms with Gasteiger partial charge in [-0.3, -0.25) is 4.79 Å². The molecule has 0 aliphatic rings. The number of alkyl halides is 3. The summed E-state index contributed by atoms with van der Waals surface area (Å²) >= 11 is 0. The van der Waals surface area contributed by atoms with E-state index in [1.165, 1.54) is 0 Å². The number of nitrogens with zero attached hydrogens (tertiary/aromatic N) is 2. The van der Waals surface area contributed by atoms with E-state index in [1.807, 2.05) is 13.0 Å². The van der Waals surface area contributed by atoms with Crippen molar-refractivity contribution in [2.75, 3.05) is 0 Å². The Labute approximate surface area is 144 Å². The number of aromatic amines is 1. The minimum atomic E-state index is -4.39. The molecule has 2 rings (SSSR count). The fourth-order valence-corrected chi connectivity index (χ4v) is 2.59. The lowest BCUT2D eigenvalue weighted by Crippen LogP contribution is -2.34. The molecule has 0 spiro atoms. The Morgan fingerprint density at radius 3 is 2.60 bits per heavy atom. The van der Waals surface area contributed by atoms with Crippen molar-refractivity contribution in [2.24, 2.45) is 5.41 Å². The maximum absolute atomic E-state index is 12.8. The minimum absolute atomic E-state index is 0.0824. The first-order chi connectivity index (χ1) is 11.5. The highest BCUT2D eigenvalue weighted by Crippen LogP contribution is 2.40. The number of hydrogen-bond donors (Lipinski definition) is 1. The van der Waals surface area contributed by atoms with Gasteiger partial charge in [0, 0.05) is 19.3 Å². The Bertz CT molecular complexity index is 828. The van der Waals surface area contributed by atoms with Crippen LogP contribution in [-0.2, 0) is 11.2 Å². The quantitative estimate of drug-likeness (QED) is 0.826. The molecule has 0 saturated heterocycles. The number of Topliss-reactive ketones (excluding diaryl/α,β-unsaturated/α-hetero) is 1. The third-order valence-corrected chi connectivity index (χ3v) is 4.27. The number of benzene rings is 1. The van der Waals surface area contributed by atoms with Crippen LogP contribution in [0.5, 0.6) is 0 Å². The van der Waals surface area contributed by atoms with E-state index in [1.54, 1.807) is 6.07 Å². The van der Waals surface area contributed by atoms with E-state index in [9.17, 15) is 18.0 Å². The molecular formula is C18H20F3N3O. The van der Waals surface area contributed by atoms with Gasteiger partial charge >= 0.3 is 6.18 Å². The van der Waals surface area contributed by atoms with Gasteiger partial charge in [0.15, 0.2) is 0 Å². The van der Waals surface area contributed by atoms with Crippen LogP contribution in [0.25, 0.3) is 11.0 Å². The number of ketones is 1. The van der Waals surface area contributed by atoms with E-state index in [-0.39, 0.29) is 6.42 Å². The first kappa shape index (κ1) is 19.0. The maximum Gasteiger partial charge on any atom is 0.394 e. The van der Waals surface area contributed by atoms with Crippen molar-refractivity contribution in [1.29, 1.82) is 5.26 Å². The zero-order chi connectivity index (χ0) is 18.8. The molecule has 25 heavy (non-hydrogen) atoms. The van der Waals surface area contributed by atoms with Crippen LogP contribution < -0.4 is 0 Å². The lowest BCUT2D eigenvalue weighted by molar-refractivity contribution is -0.213. The number of H-pyrrole nitrogens is 1. The number of imidazole rings is 1. The maximum atomic E-state index is 12.8. The van der Waals surface area contributed by atoms with Gasteiger partial charge in [-0.05, 0) is 31.0 Å². The largest absolute Gasteiger partial charge is 0.394 e. The molecule has 0 saturated carbocycles. The monoisotopic (exact) mass is 351 g/mol. The molecule has 1 aromatic carbocycles. The Hall–Kier alpha value is -2.36. The first-order valence-corrected chi connectivity index (χ1v) is 8.01. The highest BCUT2D eigenvalue weighted by atomic mass is 19.4. The molecular weight excluding hydrogens is 331 g/mol. The minimum Gasteiger partial charge on any atom is -0.342 e. The SMILES string of the molecule is Cc1cc2[nH]c(CCCC(=O)CC(C)(C)C(F)(F)F)nc2cc1C#N. The van der Waals surface area contributed by atoms with Crippen LogP contribution in [-0.4, -0.2) is 21.9 Å². The van der Waals surface area contributed by atoms with Crippen LogP contribution in [0, 0.1) is 23.7 Å². The first-order valence-electron chi connectivity index (χ1n) is 8.01. The Morgan fingerprint density at radius 1 is 1.32 bits per heavy atom. The molecule has 0 aliphatic heterocycles. The van der Waals surface area contributed by atoms with Gasteiger partial charge in [0.05, 0.1) is 28.1 Å². The van der Waals surface area contributed by atoms with Crippen LogP contribution in [0.1, 0.15) is 50.1 Å². The summed E-state index contributed by atoms with van der Waals surface area (Å²) in [5, 5.41) is 9.03. The second-order valence-corrected chi connectivity index (χ2v) is 6.93. The highest BCUT2D eigenvalue weighted by molar-refractivity contribution is 5.79. The molecule has 1 heterocycles. The van der Waals surface area contributed by atoms with E-state index in [0.717, 1.165) is 24.9 Å². The molecule has 4 nitrogen and oxygen atoms in total. The number of aryl methyl sites for hydroxylation is 2. The summed E-state index contributed by atoms with van der Waals surface area (Å²) in [6.07, 6.45) is -3.93. The zero-order valence-corrected chi connectivity index (χ0v) is 14.4. The number of hydrogen-bond acceptors (Lipinski definition) is 3. The molecule has 0 unspecified atom stereocenters. The van der Waals surface area contributed by atoms with Gasteiger partial charge in [0.1, 0.15) is 11.6 Å². The molecule has 0 radical (unpaired) electrons. The molecule has 1 aromatic heterocycles. The molecule has 0 aliphatic carbocycles. The predicted octanol–water partition coefficient (Wildman–Crippen LogP) is 4.61. The molecule has 0 amide bonds. The molecule has 134 valence electrons. The van der Waals surface area contributed by atoms with Crippen molar-refractivity contribution >= 4 is 16.8 Å². The molecule has 7 heteroatoms. The van der Waals surface area contributed by atoms with Crippen molar-refractivity contribution in [3.8, 4) is 6.07 Å². The average molecular weight is 351 g/mol. The van der Waals surface area contributed by atoms with E-state index >= 15 is 0 Å². The highest BCUT2D eigenvalue weighted by Gasteiger charge is 2.47. The Kier molecular flexibility index (Phi) is 5.21. The molecule has 2 aromatic rings. The summed E-state index contributed by atoms with van der Waals surface area (Å²) < 4.78 is 38.4. The molecule has 0 bridgehead atoms. The van der Waals surface area contributed by atoms with Gasteiger partial charge in [-0.1, -0.05) is 13.8 Å². The van der Waals surface area contributed by atoms with E-state index in [2.05, 4.69) is 16.0 Å². The topological polar surface area (TPSA) is 69.5 Å². The number of halogens is 3. The second kappa shape index (κ2) is 6.87. The predicted molar refractivity (Wildman–Crippen MR) is 87.9 cm³/mol. The van der Waals surface area contributed by atoms with Crippen molar-refractivity contribution in [3.05, 3.63) is 29.1 Å². The summed E-state index contributed by atoms with van der Waals surface area (Å²) in [6.45, 7) is 3.91.